The van der Waals surface area contributed by atoms with Crippen LogP contribution in [0.25, 0.3) is 0 Å². The molecule has 0 heterocycles. The summed E-state index contributed by atoms with van der Waals surface area (Å²) in [4.78, 5) is 22.9. The van der Waals surface area contributed by atoms with Gasteiger partial charge >= 0.3 is 11.9 Å². The number of hydrogen-bond donors (Lipinski definition) is 0. The van der Waals surface area contributed by atoms with Crippen LogP contribution in [0.2, 0.25) is 0 Å². The fraction of sp³-hybridized carbons (Fsp3) is 0.929. The van der Waals surface area contributed by atoms with Crippen molar-refractivity contribution in [3.63, 3.8) is 0 Å². The van der Waals surface area contributed by atoms with E-state index in [-0.39, 0.29) is 25.2 Å². The van der Waals surface area contributed by atoms with Gasteiger partial charge in [-0.1, -0.05) is 65.2 Å². The average molecular weight is 535 g/mol. The maximum absolute atomic E-state index is 11.7. The lowest BCUT2D eigenvalue weighted by Gasteiger charge is -2.08. The van der Waals surface area contributed by atoms with Crippen LogP contribution in [0.15, 0.2) is 0 Å². The van der Waals surface area contributed by atoms with Crippen molar-refractivity contribution in [2.24, 2.45) is 0 Å². The number of unbranched alkanes of at least 4 members (excludes halogenated alkanes) is 8. The van der Waals surface area contributed by atoms with Gasteiger partial charge in [0.25, 0.3) is 0 Å². The summed E-state index contributed by atoms with van der Waals surface area (Å²) < 4.78 is 37.2. The van der Waals surface area contributed by atoms with Crippen molar-refractivity contribution in [3.8, 4) is 0 Å². The number of esters is 2. The van der Waals surface area contributed by atoms with Crippen molar-refractivity contribution in [1.82, 2.24) is 0 Å². The Balaban J connectivity index is 3.15. The predicted molar refractivity (Wildman–Crippen MR) is 143 cm³/mol. The van der Waals surface area contributed by atoms with Crippen LogP contribution in [0.1, 0.15) is 90.9 Å². The first kappa shape index (κ1) is 35.7. The molecule has 9 heteroatoms. The molecule has 0 aliphatic carbocycles. The molecule has 0 aliphatic rings. The van der Waals surface area contributed by atoms with Gasteiger partial charge in [-0.15, -0.1) is 0 Å². The molecule has 0 aliphatic heterocycles. The summed E-state index contributed by atoms with van der Waals surface area (Å²) in [6, 6.07) is 0. The van der Waals surface area contributed by atoms with E-state index < -0.39 is 0 Å². The van der Waals surface area contributed by atoms with Gasteiger partial charge in [-0.05, 0) is 12.8 Å². The van der Waals surface area contributed by atoms with Crippen molar-refractivity contribution < 1.29 is 42.7 Å². The molecule has 0 radical (unpaired) electrons. The van der Waals surface area contributed by atoms with Crippen molar-refractivity contribution in [2.45, 2.75) is 90.9 Å². The third-order valence-electron chi connectivity index (χ3n) is 5.41. The zero-order valence-corrected chi connectivity index (χ0v) is 23.6. The molecule has 0 amide bonds. The van der Waals surface area contributed by atoms with Crippen molar-refractivity contribution in [3.05, 3.63) is 0 Å². The van der Waals surface area contributed by atoms with Crippen LogP contribution in [0.5, 0.6) is 0 Å². The highest BCUT2D eigenvalue weighted by atomic mass is 16.6. The third-order valence-corrected chi connectivity index (χ3v) is 5.41. The molecule has 37 heavy (non-hydrogen) atoms. The molecule has 0 aromatic heterocycles. The summed E-state index contributed by atoms with van der Waals surface area (Å²) in [5.74, 6) is -0.324. The van der Waals surface area contributed by atoms with Gasteiger partial charge in [-0.25, -0.2) is 0 Å². The van der Waals surface area contributed by atoms with Gasteiger partial charge in [0.1, 0.15) is 13.2 Å². The third kappa shape index (κ3) is 30.9. The van der Waals surface area contributed by atoms with E-state index >= 15 is 0 Å². The number of rotatable bonds is 30. The highest BCUT2D eigenvalue weighted by Crippen LogP contribution is 2.10. The second kappa shape index (κ2) is 31.0. The molecule has 0 aromatic carbocycles. The fourth-order valence-electron chi connectivity index (χ4n) is 3.34. The Labute approximate surface area is 225 Å². The number of ether oxygens (including phenoxy) is 7. The van der Waals surface area contributed by atoms with Crippen LogP contribution in [0.4, 0.5) is 0 Å². The monoisotopic (exact) mass is 534 g/mol. The first-order valence-corrected chi connectivity index (χ1v) is 14.4. The Hall–Kier alpha value is -1.26. The summed E-state index contributed by atoms with van der Waals surface area (Å²) in [7, 11) is 0. The van der Waals surface area contributed by atoms with Gasteiger partial charge in [0.15, 0.2) is 0 Å². The van der Waals surface area contributed by atoms with E-state index in [1.807, 2.05) is 6.92 Å². The molecule has 0 spiro atoms. The molecule has 0 aromatic rings. The second-order valence-corrected chi connectivity index (χ2v) is 8.83. The summed E-state index contributed by atoms with van der Waals surface area (Å²) in [5, 5.41) is 0. The normalized spacial score (nSPS) is 11.1. The number of carbonyl (C=O) groups is 2. The van der Waals surface area contributed by atoms with E-state index in [1.165, 1.54) is 44.9 Å². The average Bonchev–Trinajstić information content (AvgIpc) is 2.89. The van der Waals surface area contributed by atoms with Crippen LogP contribution in [-0.4, -0.2) is 91.2 Å². The summed E-state index contributed by atoms with van der Waals surface area (Å²) in [6.07, 6.45) is 12.8. The maximum Gasteiger partial charge on any atom is 0.305 e. The largest absolute Gasteiger partial charge is 0.463 e. The van der Waals surface area contributed by atoms with E-state index in [0.717, 1.165) is 19.3 Å². The quantitative estimate of drug-likeness (QED) is 0.0943. The van der Waals surface area contributed by atoms with Gasteiger partial charge in [0.2, 0.25) is 0 Å². The van der Waals surface area contributed by atoms with E-state index in [0.29, 0.717) is 78.9 Å². The van der Waals surface area contributed by atoms with Crippen LogP contribution >= 0.6 is 0 Å². The Morgan fingerprint density at radius 2 is 0.703 bits per heavy atom. The second-order valence-electron chi connectivity index (χ2n) is 8.83. The molecular weight excluding hydrogens is 480 g/mol. The highest BCUT2D eigenvalue weighted by molar-refractivity contribution is 5.69. The molecule has 0 bridgehead atoms. The van der Waals surface area contributed by atoms with Crippen LogP contribution in [0.3, 0.4) is 0 Å². The lowest BCUT2D eigenvalue weighted by molar-refractivity contribution is -0.146. The predicted octanol–water partition coefficient (Wildman–Crippen LogP) is 4.88. The molecule has 0 fully saturated rings. The maximum atomic E-state index is 11.7. The zero-order valence-electron chi connectivity index (χ0n) is 23.6. The minimum absolute atomic E-state index is 0.137. The summed E-state index contributed by atoms with van der Waals surface area (Å²) >= 11 is 0. The van der Waals surface area contributed by atoms with Crippen molar-refractivity contribution >= 4 is 11.9 Å². The van der Waals surface area contributed by atoms with Crippen LogP contribution < -0.4 is 0 Å². The van der Waals surface area contributed by atoms with E-state index in [2.05, 4.69) is 6.92 Å². The Bertz CT molecular complexity index is 488. The molecule has 0 unspecified atom stereocenters. The number of hydrogen-bond acceptors (Lipinski definition) is 9. The Kier molecular flexibility index (Phi) is 29.9. The van der Waals surface area contributed by atoms with E-state index in [9.17, 15) is 9.59 Å². The first-order chi connectivity index (χ1) is 18.2. The van der Waals surface area contributed by atoms with E-state index in [1.54, 1.807) is 0 Å². The fourth-order valence-corrected chi connectivity index (χ4v) is 3.34. The van der Waals surface area contributed by atoms with Gasteiger partial charge in [0, 0.05) is 12.8 Å². The van der Waals surface area contributed by atoms with Gasteiger partial charge in [0.05, 0.1) is 66.1 Å². The molecule has 0 saturated carbocycles. The Morgan fingerprint density at radius 1 is 0.378 bits per heavy atom. The SMILES string of the molecule is CCCCCCCCCCCC(=O)OCCOCCOCCOCCOCCOCCOC(=O)CCC. The van der Waals surface area contributed by atoms with Gasteiger partial charge < -0.3 is 33.2 Å². The lowest BCUT2D eigenvalue weighted by Crippen LogP contribution is -2.15. The topological polar surface area (TPSA) is 98.8 Å². The van der Waals surface area contributed by atoms with Crippen molar-refractivity contribution in [2.75, 3.05) is 79.3 Å². The molecule has 0 saturated heterocycles. The summed E-state index contributed by atoms with van der Waals surface area (Å²) in [5.41, 5.74) is 0. The summed E-state index contributed by atoms with van der Waals surface area (Å²) in [6.45, 7) is 9.27. The zero-order chi connectivity index (χ0) is 27.1. The standard InChI is InChI=1S/C28H54O9/c1-3-5-6-7-8-9-10-11-12-14-28(30)37-26-24-35-22-20-33-18-16-31-15-17-32-19-21-34-23-25-36-27(29)13-4-2/h3-26H2,1-2H3. The number of carbonyl (C=O) groups excluding carboxylic acids is 2. The lowest BCUT2D eigenvalue weighted by atomic mass is 10.1. The molecular formula is C28H54O9. The molecule has 0 atom stereocenters. The molecule has 9 nitrogen and oxygen atoms in total. The van der Waals surface area contributed by atoms with Gasteiger partial charge in [-0.2, -0.15) is 0 Å². The minimum atomic E-state index is -0.187. The molecule has 220 valence electrons. The molecule has 0 N–H and O–H groups in total. The van der Waals surface area contributed by atoms with Crippen LogP contribution in [-0.2, 0) is 42.7 Å². The van der Waals surface area contributed by atoms with Gasteiger partial charge in [-0.3, -0.25) is 9.59 Å². The Morgan fingerprint density at radius 3 is 1.08 bits per heavy atom. The first-order valence-electron chi connectivity index (χ1n) is 14.4. The van der Waals surface area contributed by atoms with Crippen LogP contribution in [0, 0.1) is 0 Å². The highest BCUT2D eigenvalue weighted by Gasteiger charge is 2.03. The van der Waals surface area contributed by atoms with Crippen molar-refractivity contribution in [1.29, 1.82) is 0 Å². The minimum Gasteiger partial charge on any atom is -0.463 e. The smallest absolute Gasteiger partial charge is 0.305 e. The molecule has 0 rings (SSSR count). The van der Waals surface area contributed by atoms with E-state index in [4.69, 9.17) is 33.2 Å².